The summed E-state index contributed by atoms with van der Waals surface area (Å²) in [4.78, 5) is 10.3. The quantitative estimate of drug-likeness (QED) is 0.280. The van der Waals surface area contributed by atoms with Gasteiger partial charge in [-0.3, -0.25) is 15.5 Å². The summed E-state index contributed by atoms with van der Waals surface area (Å²) < 4.78 is 5.68. The molecule has 1 aromatic heterocycles. The molecule has 0 saturated heterocycles. The Morgan fingerprint density at radius 1 is 1.14 bits per heavy atom. The zero-order valence-corrected chi connectivity index (χ0v) is 16.1. The first kappa shape index (κ1) is 19.2. The van der Waals surface area contributed by atoms with E-state index in [1.165, 1.54) is 23.9 Å². The lowest BCUT2D eigenvalue weighted by molar-refractivity contribution is -0.384. The van der Waals surface area contributed by atoms with Crippen molar-refractivity contribution in [3.63, 3.8) is 0 Å². The second-order valence-electron chi connectivity index (χ2n) is 6.08. The summed E-state index contributed by atoms with van der Waals surface area (Å²) in [5, 5.41) is 18.3. The Bertz CT molecular complexity index is 1040. The van der Waals surface area contributed by atoms with Crippen LogP contribution in [0.5, 0.6) is 0 Å². The summed E-state index contributed by atoms with van der Waals surface area (Å²) in [5.74, 6) is 1.11. The number of hydrogen-bond donors (Lipinski definition) is 2. The molecule has 142 valence electrons. The number of hydrogen-bond acceptors (Lipinski definition) is 5. The van der Waals surface area contributed by atoms with Gasteiger partial charge >= 0.3 is 0 Å². The number of thiocarbonyl (C=S) groups is 1. The minimum Gasteiger partial charge on any atom is -0.455 e. The predicted octanol–water partition coefficient (Wildman–Crippen LogP) is 4.79. The van der Waals surface area contributed by atoms with E-state index < -0.39 is 4.92 Å². The molecule has 0 aliphatic rings. The van der Waals surface area contributed by atoms with Crippen molar-refractivity contribution < 1.29 is 9.34 Å². The van der Waals surface area contributed by atoms with Gasteiger partial charge in [0.25, 0.3) is 5.69 Å². The molecule has 2 N–H and O–H groups in total. The van der Waals surface area contributed by atoms with Gasteiger partial charge in [-0.25, -0.2) is 0 Å². The van der Waals surface area contributed by atoms with Gasteiger partial charge in [0.1, 0.15) is 11.5 Å². The van der Waals surface area contributed by atoms with Crippen LogP contribution in [0.3, 0.4) is 0 Å². The monoisotopic (exact) mass is 394 g/mol. The molecule has 0 saturated carbocycles. The summed E-state index contributed by atoms with van der Waals surface area (Å²) in [7, 11) is 0. The normalized spacial score (nSPS) is 10.8. The Labute approximate surface area is 167 Å². The number of nitrogens with one attached hydrogen (secondary N) is 2. The smallest absolute Gasteiger partial charge is 0.269 e. The average molecular weight is 394 g/mol. The number of anilines is 1. The van der Waals surface area contributed by atoms with E-state index in [9.17, 15) is 10.1 Å². The van der Waals surface area contributed by atoms with Crippen molar-refractivity contribution >= 4 is 34.9 Å². The first-order valence-corrected chi connectivity index (χ1v) is 8.86. The van der Waals surface area contributed by atoms with Crippen molar-refractivity contribution in [2.75, 3.05) is 5.32 Å². The molecular weight excluding hydrogens is 376 g/mol. The first-order valence-electron chi connectivity index (χ1n) is 8.45. The van der Waals surface area contributed by atoms with Crippen LogP contribution in [0.2, 0.25) is 0 Å². The summed E-state index contributed by atoms with van der Waals surface area (Å²) in [6.07, 6.45) is 1.51. The van der Waals surface area contributed by atoms with Gasteiger partial charge in [-0.2, -0.15) is 5.10 Å². The van der Waals surface area contributed by atoms with Crippen molar-refractivity contribution in [3.8, 4) is 11.3 Å². The Morgan fingerprint density at radius 2 is 1.89 bits per heavy atom. The Hall–Kier alpha value is -3.52. The average Bonchev–Trinajstić information content (AvgIpc) is 3.14. The number of nitrogens with zero attached hydrogens (tertiary/aromatic N) is 2. The van der Waals surface area contributed by atoms with Crippen LogP contribution in [-0.2, 0) is 0 Å². The fraction of sp³-hybridized carbons (Fsp3) is 0.100. The molecule has 0 spiro atoms. The van der Waals surface area contributed by atoms with Crippen LogP contribution in [0, 0.1) is 24.0 Å². The van der Waals surface area contributed by atoms with Crippen LogP contribution in [0.25, 0.3) is 11.3 Å². The molecule has 0 aliphatic heterocycles. The molecule has 28 heavy (non-hydrogen) atoms. The van der Waals surface area contributed by atoms with E-state index in [4.69, 9.17) is 16.6 Å². The Balaban J connectivity index is 1.60. The van der Waals surface area contributed by atoms with Crippen molar-refractivity contribution in [1.82, 2.24) is 5.43 Å². The summed E-state index contributed by atoms with van der Waals surface area (Å²) in [6, 6.07) is 15.6. The fourth-order valence-electron chi connectivity index (χ4n) is 2.52. The van der Waals surface area contributed by atoms with Gasteiger partial charge < -0.3 is 9.73 Å². The predicted molar refractivity (Wildman–Crippen MR) is 114 cm³/mol. The molecule has 0 amide bonds. The summed E-state index contributed by atoms with van der Waals surface area (Å²) >= 11 is 5.25. The molecule has 2 aromatic carbocycles. The van der Waals surface area contributed by atoms with Gasteiger partial charge in [-0.05, 0) is 67.5 Å². The van der Waals surface area contributed by atoms with Gasteiger partial charge in [-0.1, -0.05) is 12.1 Å². The lowest BCUT2D eigenvalue weighted by atomic mass is 10.1. The van der Waals surface area contributed by atoms with E-state index in [0.717, 1.165) is 16.8 Å². The van der Waals surface area contributed by atoms with Gasteiger partial charge in [-0.15, -0.1) is 0 Å². The van der Waals surface area contributed by atoms with Crippen LogP contribution in [0.15, 0.2) is 64.1 Å². The molecule has 3 aromatic rings. The van der Waals surface area contributed by atoms with E-state index in [0.29, 0.717) is 16.6 Å². The van der Waals surface area contributed by atoms with Crippen LogP contribution < -0.4 is 10.7 Å². The lowest BCUT2D eigenvalue weighted by Gasteiger charge is -2.11. The highest BCUT2D eigenvalue weighted by Gasteiger charge is 2.08. The van der Waals surface area contributed by atoms with E-state index in [1.54, 1.807) is 24.3 Å². The molecule has 1 heterocycles. The SMILES string of the molecule is Cc1cccc(NC(=S)NN=Cc2ccc(-c3ccc([N+](=O)[O-])cc3)o2)c1C. The number of non-ortho nitro benzene ring substituents is 1. The second-order valence-corrected chi connectivity index (χ2v) is 6.49. The molecule has 0 fully saturated rings. The molecule has 0 atom stereocenters. The second kappa shape index (κ2) is 8.45. The van der Waals surface area contributed by atoms with Gasteiger partial charge in [0, 0.05) is 23.4 Å². The highest BCUT2D eigenvalue weighted by molar-refractivity contribution is 7.80. The largest absolute Gasteiger partial charge is 0.455 e. The fourth-order valence-corrected chi connectivity index (χ4v) is 2.68. The highest BCUT2D eigenvalue weighted by atomic mass is 32.1. The third-order valence-corrected chi connectivity index (χ3v) is 4.39. The topological polar surface area (TPSA) is 92.7 Å². The third-order valence-electron chi connectivity index (χ3n) is 4.20. The highest BCUT2D eigenvalue weighted by Crippen LogP contribution is 2.24. The van der Waals surface area contributed by atoms with E-state index in [2.05, 4.69) is 15.8 Å². The maximum absolute atomic E-state index is 10.7. The van der Waals surface area contributed by atoms with Crippen LogP contribution in [-0.4, -0.2) is 16.3 Å². The van der Waals surface area contributed by atoms with Crippen molar-refractivity contribution in [1.29, 1.82) is 0 Å². The summed E-state index contributed by atoms with van der Waals surface area (Å²) in [6.45, 7) is 4.06. The zero-order chi connectivity index (χ0) is 20.1. The zero-order valence-electron chi connectivity index (χ0n) is 15.3. The number of furan rings is 1. The van der Waals surface area contributed by atoms with Gasteiger partial charge in [0.2, 0.25) is 0 Å². The van der Waals surface area contributed by atoms with Crippen molar-refractivity contribution in [2.24, 2.45) is 5.10 Å². The van der Waals surface area contributed by atoms with Crippen molar-refractivity contribution in [3.05, 3.63) is 81.6 Å². The minimum atomic E-state index is -0.440. The number of aryl methyl sites for hydroxylation is 1. The maximum atomic E-state index is 10.7. The van der Waals surface area contributed by atoms with Crippen molar-refractivity contribution in [2.45, 2.75) is 13.8 Å². The number of rotatable bonds is 5. The molecular formula is C20H18N4O3S. The molecule has 3 rings (SSSR count). The van der Waals surface area contributed by atoms with Gasteiger partial charge in [0.15, 0.2) is 5.11 Å². The number of benzene rings is 2. The molecule has 0 radical (unpaired) electrons. The molecule has 0 aliphatic carbocycles. The Morgan fingerprint density at radius 3 is 2.61 bits per heavy atom. The minimum absolute atomic E-state index is 0.0335. The Kier molecular flexibility index (Phi) is 5.81. The third kappa shape index (κ3) is 4.60. The summed E-state index contributed by atoms with van der Waals surface area (Å²) in [5.41, 5.74) is 6.74. The number of hydrazone groups is 1. The van der Waals surface area contributed by atoms with E-state index >= 15 is 0 Å². The first-order chi connectivity index (χ1) is 13.4. The lowest BCUT2D eigenvalue weighted by Crippen LogP contribution is -2.24. The number of nitro groups is 1. The standard InChI is InChI=1S/C20H18N4O3S/c1-13-4-3-5-18(14(13)2)22-20(28)23-21-12-17-10-11-19(27-17)15-6-8-16(9-7-15)24(25)26/h3-12H,1-2H3,(H2,22,23,28). The molecule has 7 nitrogen and oxygen atoms in total. The maximum Gasteiger partial charge on any atom is 0.269 e. The van der Waals surface area contributed by atoms with Gasteiger partial charge in [0.05, 0.1) is 11.1 Å². The van der Waals surface area contributed by atoms with Crippen LogP contribution >= 0.6 is 12.2 Å². The van der Waals surface area contributed by atoms with Crippen LogP contribution in [0.1, 0.15) is 16.9 Å². The molecule has 0 bridgehead atoms. The molecule has 0 unspecified atom stereocenters. The van der Waals surface area contributed by atoms with E-state index in [-0.39, 0.29) is 5.69 Å². The van der Waals surface area contributed by atoms with E-state index in [1.807, 2.05) is 32.0 Å². The van der Waals surface area contributed by atoms with Crippen LogP contribution in [0.4, 0.5) is 11.4 Å². The molecule has 8 heteroatoms. The number of nitro benzene ring substituents is 1.